The fraction of sp³-hybridized carbons (Fsp3) is 0.478. The summed E-state index contributed by atoms with van der Waals surface area (Å²) in [5.74, 6) is -0.382. The lowest BCUT2D eigenvalue weighted by Crippen LogP contribution is -2.33. The van der Waals surface area contributed by atoms with Crippen molar-refractivity contribution >= 4 is 23.3 Å². The number of nitrogens with zero attached hydrogens (tertiary/aromatic N) is 2. The van der Waals surface area contributed by atoms with E-state index in [-0.39, 0.29) is 11.4 Å². The molecule has 1 heterocycles. The average Bonchev–Trinajstić information content (AvgIpc) is 2.66. The summed E-state index contributed by atoms with van der Waals surface area (Å²) < 4.78 is 6.07. The summed E-state index contributed by atoms with van der Waals surface area (Å²) in [6.07, 6.45) is 2.26. The Bertz CT molecular complexity index is 863. The maximum atomic E-state index is 12.2. The molecular formula is C23H32ClN3O3. The lowest BCUT2D eigenvalue weighted by molar-refractivity contribution is 0.0694. The van der Waals surface area contributed by atoms with Crippen LogP contribution in [-0.2, 0) is 0 Å². The molecule has 0 saturated carbocycles. The molecule has 0 spiro atoms. The number of anilines is 1. The van der Waals surface area contributed by atoms with Crippen LogP contribution in [-0.4, -0.2) is 42.2 Å². The molecule has 0 fully saturated rings. The predicted molar refractivity (Wildman–Crippen MR) is 123 cm³/mol. The molecule has 2 aromatic rings. The van der Waals surface area contributed by atoms with Crippen molar-refractivity contribution in [2.24, 2.45) is 0 Å². The first-order valence-corrected chi connectivity index (χ1v) is 10.8. The Balaban J connectivity index is 2.41. The Labute approximate surface area is 184 Å². The summed E-state index contributed by atoms with van der Waals surface area (Å²) in [5, 5.41) is 14.0. The molecule has 1 aromatic carbocycles. The van der Waals surface area contributed by atoms with E-state index >= 15 is 0 Å². The van der Waals surface area contributed by atoms with E-state index in [1.807, 2.05) is 38.7 Å². The molecule has 0 unspecified atom stereocenters. The van der Waals surface area contributed by atoms with Gasteiger partial charge in [-0.25, -0.2) is 9.78 Å². The van der Waals surface area contributed by atoms with Crippen molar-refractivity contribution in [1.29, 1.82) is 0 Å². The highest BCUT2D eigenvalue weighted by Gasteiger charge is 2.24. The molecule has 164 valence electrons. The normalized spacial score (nSPS) is 10.9. The first-order chi connectivity index (χ1) is 14.3. The van der Waals surface area contributed by atoms with Crippen LogP contribution in [0.25, 0.3) is 0 Å². The number of aromatic nitrogens is 1. The number of pyridine rings is 1. The molecule has 0 amide bonds. The zero-order valence-electron chi connectivity index (χ0n) is 18.5. The molecule has 2 N–H and O–H groups in total. The number of halogens is 1. The number of benzene rings is 1. The number of unbranched alkanes of at least 4 members (excludes halogenated alkanes) is 1. The van der Waals surface area contributed by atoms with Gasteiger partial charge >= 0.3 is 5.97 Å². The molecule has 1 aromatic heterocycles. The molecule has 0 saturated heterocycles. The second kappa shape index (κ2) is 11.2. The molecule has 0 atom stereocenters. The first-order valence-electron chi connectivity index (χ1n) is 10.4. The minimum absolute atomic E-state index is 0.0739. The fourth-order valence-corrected chi connectivity index (χ4v) is 3.72. The Hall–Kier alpha value is -2.31. The zero-order chi connectivity index (χ0) is 22.3. The minimum atomic E-state index is -1.06. The second-order valence-electron chi connectivity index (χ2n) is 7.42. The van der Waals surface area contributed by atoms with Crippen LogP contribution in [0.15, 0.2) is 18.2 Å². The van der Waals surface area contributed by atoms with Crippen LogP contribution in [0.4, 0.5) is 5.69 Å². The van der Waals surface area contributed by atoms with Crippen molar-refractivity contribution in [2.75, 3.05) is 31.1 Å². The molecule has 7 heteroatoms. The van der Waals surface area contributed by atoms with Gasteiger partial charge in [0.2, 0.25) is 5.88 Å². The summed E-state index contributed by atoms with van der Waals surface area (Å²) in [5.41, 5.74) is 3.05. The van der Waals surface area contributed by atoms with Crippen LogP contribution >= 0.6 is 11.6 Å². The van der Waals surface area contributed by atoms with Gasteiger partial charge in [0.25, 0.3) is 0 Å². The van der Waals surface area contributed by atoms with Crippen LogP contribution in [0.2, 0.25) is 5.02 Å². The van der Waals surface area contributed by atoms with Crippen LogP contribution in [0.1, 0.15) is 53.9 Å². The summed E-state index contributed by atoms with van der Waals surface area (Å²) >= 11 is 6.12. The van der Waals surface area contributed by atoms with Crippen LogP contribution in [0.5, 0.6) is 11.6 Å². The van der Waals surface area contributed by atoms with Gasteiger partial charge in [-0.3, -0.25) is 0 Å². The number of hydrogen-bond acceptors (Lipinski definition) is 5. The van der Waals surface area contributed by atoms with E-state index in [1.54, 1.807) is 12.1 Å². The Morgan fingerprint density at radius 2 is 1.83 bits per heavy atom. The van der Waals surface area contributed by atoms with E-state index in [4.69, 9.17) is 16.3 Å². The summed E-state index contributed by atoms with van der Waals surface area (Å²) in [6, 6.07) is 5.40. The van der Waals surface area contributed by atoms with Crippen LogP contribution < -0.4 is 15.0 Å². The number of aryl methyl sites for hydroxylation is 3. The highest BCUT2D eigenvalue weighted by molar-refractivity contribution is 6.30. The Morgan fingerprint density at radius 3 is 2.40 bits per heavy atom. The molecule has 0 aliphatic heterocycles. The van der Waals surface area contributed by atoms with Gasteiger partial charge in [0, 0.05) is 30.4 Å². The topological polar surface area (TPSA) is 74.7 Å². The van der Waals surface area contributed by atoms with Gasteiger partial charge in [-0.05, 0) is 70.0 Å². The number of rotatable bonds is 11. The van der Waals surface area contributed by atoms with Crippen LogP contribution in [0.3, 0.4) is 0 Å². The third-order valence-corrected chi connectivity index (χ3v) is 5.14. The van der Waals surface area contributed by atoms with Gasteiger partial charge in [0.05, 0.1) is 5.69 Å². The van der Waals surface area contributed by atoms with Crippen molar-refractivity contribution in [3.8, 4) is 11.6 Å². The minimum Gasteiger partial charge on any atom is -0.477 e. The van der Waals surface area contributed by atoms with E-state index in [9.17, 15) is 9.90 Å². The van der Waals surface area contributed by atoms with E-state index in [2.05, 4.69) is 17.2 Å². The molecule has 0 aliphatic rings. The van der Waals surface area contributed by atoms with Crippen molar-refractivity contribution in [2.45, 2.75) is 47.5 Å². The number of aromatic carboxylic acids is 1. The number of hydrogen-bond donors (Lipinski definition) is 2. The van der Waals surface area contributed by atoms with E-state index in [0.29, 0.717) is 35.2 Å². The van der Waals surface area contributed by atoms with Gasteiger partial charge < -0.3 is 20.1 Å². The van der Waals surface area contributed by atoms with Crippen molar-refractivity contribution in [1.82, 2.24) is 10.3 Å². The zero-order valence-corrected chi connectivity index (χ0v) is 19.3. The molecular weight excluding hydrogens is 402 g/mol. The largest absolute Gasteiger partial charge is 0.477 e. The lowest BCUT2D eigenvalue weighted by Gasteiger charge is -2.26. The number of carboxylic acids is 1. The molecule has 6 nitrogen and oxygen atoms in total. The third-order valence-electron chi connectivity index (χ3n) is 4.92. The Morgan fingerprint density at radius 1 is 1.17 bits per heavy atom. The molecule has 0 radical (unpaired) electrons. The quantitative estimate of drug-likeness (QED) is 0.464. The standard InChI is InChI=1S/C23H32ClN3O3/c1-6-8-9-25-10-11-27(7-2)19-14-17(5)26-22(20(19)23(28)29)30-21-15(3)12-18(24)13-16(21)4/h12-14,25H,6-11H2,1-5H3,(H,28,29). The predicted octanol–water partition coefficient (Wildman–Crippen LogP) is 5.37. The summed E-state index contributed by atoms with van der Waals surface area (Å²) in [6.45, 7) is 12.9. The maximum absolute atomic E-state index is 12.2. The van der Waals surface area contributed by atoms with E-state index in [1.165, 1.54) is 0 Å². The molecule has 0 bridgehead atoms. The first kappa shape index (κ1) is 24.0. The number of likely N-dealkylation sites (N-methyl/N-ethyl adjacent to an activating group) is 1. The summed E-state index contributed by atoms with van der Waals surface area (Å²) in [7, 11) is 0. The summed E-state index contributed by atoms with van der Waals surface area (Å²) in [4.78, 5) is 18.7. The van der Waals surface area contributed by atoms with Gasteiger partial charge in [0.15, 0.2) is 0 Å². The second-order valence-corrected chi connectivity index (χ2v) is 7.86. The smallest absolute Gasteiger partial charge is 0.343 e. The van der Waals surface area contributed by atoms with Gasteiger partial charge in [-0.2, -0.15) is 0 Å². The fourth-order valence-electron chi connectivity index (χ4n) is 3.40. The molecule has 30 heavy (non-hydrogen) atoms. The highest BCUT2D eigenvalue weighted by Crippen LogP contribution is 2.35. The third kappa shape index (κ3) is 6.09. The van der Waals surface area contributed by atoms with E-state index < -0.39 is 5.97 Å². The highest BCUT2D eigenvalue weighted by atomic mass is 35.5. The lowest BCUT2D eigenvalue weighted by atomic mass is 10.1. The molecule has 0 aliphatic carbocycles. The number of ether oxygens (including phenoxy) is 1. The molecule has 2 rings (SSSR count). The SMILES string of the molecule is CCCCNCCN(CC)c1cc(C)nc(Oc2c(C)cc(Cl)cc2C)c1C(=O)O. The maximum Gasteiger partial charge on any atom is 0.343 e. The number of carboxylic acid groups (broad SMARTS) is 1. The monoisotopic (exact) mass is 433 g/mol. The van der Waals surface area contributed by atoms with Crippen molar-refractivity contribution < 1.29 is 14.6 Å². The van der Waals surface area contributed by atoms with Crippen LogP contribution in [0, 0.1) is 20.8 Å². The van der Waals surface area contributed by atoms with Crippen molar-refractivity contribution in [3.05, 3.63) is 45.6 Å². The Kier molecular flexibility index (Phi) is 8.93. The van der Waals surface area contributed by atoms with E-state index in [0.717, 1.165) is 37.1 Å². The van der Waals surface area contributed by atoms with Gasteiger partial charge in [0.1, 0.15) is 11.3 Å². The van der Waals surface area contributed by atoms with Gasteiger partial charge in [-0.15, -0.1) is 0 Å². The number of nitrogens with one attached hydrogen (secondary N) is 1. The van der Waals surface area contributed by atoms with Crippen molar-refractivity contribution in [3.63, 3.8) is 0 Å². The van der Waals surface area contributed by atoms with Gasteiger partial charge in [-0.1, -0.05) is 24.9 Å². The average molecular weight is 434 g/mol. The number of carbonyl (C=O) groups is 1.